The minimum Gasteiger partial charge on any atom is -0.483 e. The van der Waals surface area contributed by atoms with Crippen LogP contribution in [0.3, 0.4) is 0 Å². The first-order valence-corrected chi connectivity index (χ1v) is 12.0. The summed E-state index contributed by atoms with van der Waals surface area (Å²) in [6, 6.07) is 12.1. The van der Waals surface area contributed by atoms with E-state index in [1.54, 1.807) is 18.2 Å². The third-order valence-electron chi connectivity index (χ3n) is 5.13. The lowest BCUT2D eigenvalue weighted by Gasteiger charge is -2.33. The molecule has 2 amide bonds. The van der Waals surface area contributed by atoms with Gasteiger partial charge in [-0.1, -0.05) is 68.2 Å². The Morgan fingerprint density at radius 1 is 1.09 bits per heavy atom. The van der Waals surface area contributed by atoms with E-state index >= 15 is 0 Å². The van der Waals surface area contributed by atoms with E-state index in [-0.39, 0.29) is 30.9 Å². The van der Waals surface area contributed by atoms with Crippen LogP contribution in [-0.2, 0) is 16.1 Å². The van der Waals surface area contributed by atoms with E-state index in [4.69, 9.17) is 27.9 Å². The maximum atomic E-state index is 13.4. The molecule has 0 heterocycles. The molecule has 7 heteroatoms. The van der Waals surface area contributed by atoms with Crippen LogP contribution in [0.2, 0.25) is 10.0 Å². The highest BCUT2D eigenvalue weighted by Crippen LogP contribution is 2.27. The van der Waals surface area contributed by atoms with E-state index in [1.165, 1.54) is 4.90 Å². The summed E-state index contributed by atoms with van der Waals surface area (Å²) in [5.41, 5.74) is 1.30. The van der Waals surface area contributed by atoms with Gasteiger partial charge >= 0.3 is 0 Å². The van der Waals surface area contributed by atoms with Gasteiger partial charge in [-0.3, -0.25) is 9.59 Å². The first kappa shape index (κ1) is 27.0. The van der Waals surface area contributed by atoms with Gasteiger partial charge in [0.05, 0.1) is 0 Å². The standard InChI is InChI=1S/C26H34Cl2N2O3/c1-7-22(25(32)29-26(4,5)6)30(15-18-12-13-19(27)14-21(18)28)24(31)16-33-23-11-9-8-10-20(23)17(2)3/h8-14,17,22H,7,15-16H2,1-6H3,(H,29,32)/t22-/m0/s1. The molecule has 2 aromatic rings. The Morgan fingerprint density at radius 2 is 1.76 bits per heavy atom. The van der Waals surface area contributed by atoms with Crippen molar-refractivity contribution in [3.05, 3.63) is 63.6 Å². The molecule has 0 unspecified atom stereocenters. The van der Waals surface area contributed by atoms with E-state index in [9.17, 15) is 9.59 Å². The topological polar surface area (TPSA) is 58.6 Å². The summed E-state index contributed by atoms with van der Waals surface area (Å²) in [7, 11) is 0. The zero-order valence-corrected chi connectivity index (χ0v) is 21.8. The molecule has 0 aliphatic carbocycles. The highest BCUT2D eigenvalue weighted by molar-refractivity contribution is 6.35. The number of amides is 2. The number of halogens is 2. The Balaban J connectivity index is 2.32. The Bertz CT molecular complexity index is 970. The van der Waals surface area contributed by atoms with Crippen molar-refractivity contribution in [3.63, 3.8) is 0 Å². The summed E-state index contributed by atoms with van der Waals surface area (Å²) in [6.45, 7) is 11.7. The number of carbonyl (C=O) groups is 2. The average molecular weight is 493 g/mol. The normalized spacial score (nSPS) is 12.4. The molecular weight excluding hydrogens is 459 g/mol. The van der Waals surface area contributed by atoms with Crippen LogP contribution in [-0.4, -0.2) is 34.9 Å². The highest BCUT2D eigenvalue weighted by atomic mass is 35.5. The number of carbonyl (C=O) groups excluding carboxylic acids is 2. The predicted octanol–water partition coefficient (Wildman–Crippen LogP) is 6.22. The third-order valence-corrected chi connectivity index (χ3v) is 5.72. The van der Waals surface area contributed by atoms with Gasteiger partial charge in [0, 0.05) is 22.1 Å². The minimum absolute atomic E-state index is 0.167. The smallest absolute Gasteiger partial charge is 0.261 e. The fourth-order valence-electron chi connectivity index (χ4n) is 3.52. The third kappa shape index (κ3) is 7.94. The number of rotatable bonds is 9. The van der Waals surface area contributed by atoms with Crippen molar-refractivity contribution in [1.29, 1.82) is 0 Å². The van der Waals surface area contributed by atoms with Crippen LogP contribution in [0.5, 0.6) is 5.75 Å². The number of ether oxygens (including phenoxy) is 1. The van der Waals surface area contributed by atoms with Crippen LogP contribution < -0.4 is 10.1 Å². The summed E-state index contributed by atoms with van der Waals surface area (Å²) < 4.78 is 5.93. The van der Waals surface area contributed by atoms with Crippen LogP contribution in [0.15, 0.2) is 42.5 Å². The van der Waals surface area contributed by atoms with Gasteiger partial charge in [0.15, 0.2) is 6.61 Å². The summed E-state index contributed by atoms with van der Waals surface area (Å²) in [6.07, 6.45) is 0.446. The monoisotopic (exact) mass is 492 g/mol. The Labute approximate surface area is 207 Å². The fourth-order valence-corrected chi connectivity index (χ4v) is 3.99. The molecule has 0 bridgehead atoms. The zero-order chi connectivity index (χ0) is 24.8. The summed E-state index contributed by atoms with van der Waals surface area (Å²) in [5.74, 6) is 0.403. The molecular formula is C26H34Cl2N2O3. The molecule has 1 N–H and O–H groups in total. The van der Waals surface area contributed by atoms with Gasteiger partial charge in [0.25, 0.3) is 5.91 Å². The summed E-state index contributed by atoms with van der Waals surface area (Å²) in [4.78, 5) is 28.0. The quantitative estimate of drug-likeness (QED) is 0.451. The lowest BCUT2D eigenvalue weighted by Crippen LogP contribution is -2.54. The molecule has 0 saturated heterocycles. The van der Waals surface area contributed by atoms with Crippen molar-refractivity contribution in [3.8, 4) is 5.75 Å². The molecule has 0 aromatic heterocycles. The first-order valence-electron chi connectivity index (χ1n) is 11.2. The van der Waals surface area contributed by atoms with E-state index in [2.05, 4.69) is 19.2 Å². The second kappa shape index (κ2) is 11.8. The van der Waals surface area contributed by atoms with Gasteiger partial charge in [-0.25, -0.2) is 0 Å². The van der Waals surface area contributed by atoms with Gasteiger partial charge in [-0.05, 0) is 62.4 Å². The van der Waals surface area contributed by atoms with E-state index < -0.39 is 11.6 Å². The van der Waals surface area contributed by atoms with Crippen LogP contribution in [0, 0.1) is 0 Å². The molecule has 0 aliphatic heterocycles. The van der Waals surface area contributed by atoms with Gasteiger partial charge in [0.1, 0.15) is 11.8 Å². The van der Waals surface area contributed by atoms with Gasteiger partial charge in [-0.15, -0.1) is 0 Å². The van der Waals surface area contributed by atoms with Gasteiger partial charge < -0.3 is 15.0 Å². The Hall–Kier alpha value is -2.24. The Morgan fingerprint density at radius 3 is 2.33 bits per heavy atom. The second-order valence-electron chi connectivity index (χ2n) is 9.40. The van der Waals surface area contributed by atoms with E-state index in [1.807, 2.05) is 52.0 Å². The first-order chi connectivity index (χ1) is 15.4. The zero-order valence-electron chi connectivity index (χ0n) is 20.2. The van der Waals surface area contributed by atoms with Crippen molar-refractivity contribution >= 4 is 35.0 Å². The van der Waals surface area contributed by atoms with Crippen molar-refractivity contribution in [1.82, 2.24) is 10.2 Å². The van der Waals surface area contributed by atoms with E-state index in [0.29, 0.717) is 27.8 Å². The molecule has 5 nitrogen and oxygen atoms in total. The minimum atomic E-state index is -0.674. The molecule has 0 spiro atoms. The number of nitrogens with one attached hydrogen (secondary N) is 1. The van der Waals surface area contributed by atoms with Gasteiger partial charge in [-0.2, -0.15) is 0 Å². The highest BCUT2D eigenvalue weighted by Gasteiger charge is 2.31. The summed E-state index contributed by atoms with van der Waals surface area (Å²) in [5, 5.41) is 3.93. The number of nitrogens with zero attached hydrogens (tertiary/aromatic N) is 1. The lowest BCUT2D eigenvalue weighted by molar-refractivity contribution is -0.143. The Kier molecular flexibility index (Phi) is 9.62. The molecule has 0 aliphatic rings. The molecule has 0 saturated carbocycles. The molecule has 2 rings (SSSR count). The van der Waals surface area contributed by atoms with Crippen molar-refractivity contribution in [2.45, 2.75) is 72.0 Å². The molecule has 1 atom stereocenters. The fraction of sp³-hybridized carbons (Fsp3) is 0.462. The largest absolute Gasteiger partial charge is 0.483 e. The molecule has 0 radical (unpaired) electrons. The SMILES string of the molecule is CC[C@@H](C(=O)NC(C)(C)C)N(Cc1ccc(Cl)cc1Cl)C(=O)COc1ccccc1C(C)C. The molecule has 2 aromatic carbocycles. The molecule has 180 valence electrons. The molecule has 0 fully saturated rings. The van der Waals surface area contributed by atoms with Crippen molar-refractivity contribution in [2.75, 3.05) is 6.61 Å². The lowest BCUT2D eigenvalue weighted by atomic mass is 10.0. The van der Waals surface area contributed by atoms with Crippen molar-refractivity contribution in [2.24, 2.45) is 0 Å². The average Bonchev–Trinajstić information content (AvgIpc) is 2.72. The molecule has 33 heavy (non-hydrogen) atoms. The van der Waals surface area contributed by atoms with Crippen LogP contribution >= 0.6 is 23.2 Å². The number of hydrogen-bond donors (Lipinski definition) is 1. The van der Waals surface area contributed by atoms with E-state index in [0.717, 1.165) is 5.56 Å². The van der Waals surface area contributed by atoms with Gasteiger partial charge in [0.2, 0.25) is 5.91 Å². The maximum Gasteiger partial charge on any atom is 0.261 e. The van der Waals surface area contributed by atoms with Crippen LogP contribution in [0.4, 0.5) is 0 Å². The number of benzene rings is 2. The second-order valence-corrected chi connectivity index (χ2v) is 10.2. The van der Waals surface area contributed by atoms with Crippen molar-refractivity contribution < 1.29 is 14.3 Å². The number of hydrogen-bond acceptors (Lipinski definition) is 3. The maximum absolute atomic E-state index is 13.4. The predicted molar refractivity (Wildman–Crippen MR) is 135 cm³/mol. The number of para-hydroxylation sites is 1. The summed E-state index contributed by atoms with van der Waals surface area (Å²) >= 11 is 12.4. The van der Waals surface area contributed by atoms with Crippen LogP contribution in [0.1, 0.15) is 65.0 Å². The van der Waals surface area contributed by atoms with Crippen LogP contribution in [0.25, 0.3) is 0 Å².